The minimum absolute atomic E-state index is 0.0105. The van der Waals surface area contributed by atoms with Crippen molar-refractivity contribution in [1.29, 1.82) is 0 Å². The number of sulfonamides is 1. The first-order chi connectivity index (χ1) is 17.7. The van der Waals surface area contributed by atoms with Gasteiger partial charge in [-0.2, -0.15) is 0 Å². The fraction of sp³-hybridized carbons (Fsp3) is 0.296. The molecule has 9 nitrogen and oxygen atoms in total. The predicted octanol–water partition coefficient (Wildman–Crippen LogP) is 4.17. The number of fused-ring (bicyclic) bond motifs is 1. The number of hydrogen-bond acceptors (Lipinski definition) is 7. The Morgan fingerprint density at radius 2 is 1.84 bits per heavy atom. The van der Waals surface area contributed by atoms with E-state index in [0.717, 1.165) is 19.5 Å². The Bertz CT molecular complexity index is 1550. The van der Waals surface area contributed by atoms with E-state index in [4.69, 9.17) is 4.74 Å². The molecular weight excluding hydrogens is 490 g/mol. The van der Waals surface area contributed by atoms with E-state index in [1.165, 1.54) is 19.2 Å². The lowest BCUT2D eigenvalue weighted by molar-refractivity contribution is 0.316. The molecular formula is C27H31N5O4S. The number of anilines is 1. The summed E-state index contributed by atoms with van der Waals surface area (Å²) in [7, 11) is -0.376. The zero-order valence-corrected chi connectivity index (χ0v) is 22.2. The van der Waals surface area contributed by atoms with Crippen molar-refractivity contribution >= 4 is 26.6 Å². The molecule has 0 bridgehead atoms. The third kappa shape index (κ3) is 5.81. The molecule has 1 N–H and O–H groups in total. The van der Waals surface area contributed by atoms with Gasteiger partial charge in [0, 0.05) is 17.8 Å². The Kier molecular flexibility index (Phi) is 7.89. The van der Waals surface area contributed by atoms with Crippen LogP contribution in [0.15, 0.2) is 76.8 Å². The number of rotatable bonds is 10. The van der Waals surface area contributed by atoms with Crippen molar-refractivity contribution in [3.63, 3.8) is 0 Å². The van der Waals surface area contributed by atoms with Crippen molar-refractivity contribution in [1.82, 2.24) is 19.4 Å². The van der Waals surface area contributed by atoms with Crippen LogP contribution in [0.3, 0.4) is 0 Å². The van der Waals surface area contributed by atoms with Gasteiger partial charge in [-0.1, -0.05) is 31.2 Å². The van der Waals surface area contributed by atoms with E-state index in [1.54, 1.807) is 53.5 Å². The van der Waals surface area contributed by atoms with Gasteiger partial charge in [-0.15, -0.1) is 0 Å². The lowest BCUT2D eigenvalue weighted by atomic mass is 10.0. The molecule has 1 atom stereocenters. The highest BCUT2D eigenvalue weighted by Crippen LogP contribution is 2.31. The van der Waals surface area contributed by atoms with Gasteiger partial charge < -0.3 is 9.64 Å². The standard InChI is InChI=1S/C27H31N5O4S/c1-5-31(3)14-13-19(2)32-18-29-24-12-11-20(15-23(24)27(32)33)21-16-25(26(36-4)28-17-21)30-37(34,35)22-9-7-6-8-10-22/h6-12,15-19,30H,5,13-14H2,1-4H3. The van der Waals surface area contributed by atoms with Gasteiger partial charge in [0.05, 0.1) is 29.2 Å². The summed E-state index contributed by atoms with van der Waals surface area (Å²) >= 11 is 0. The average molecular weight is 522 g/mol. The van der Waals surface area contributed by atoms with Gasteiger partial charge in [0.1, 0.15) is 5.69 Å². The van der Waals surface area contributed by atoms with Crippen LogP contribution in [0.25, 0.3) is 22.0 Å². The SMILES string of the molecule is CCN(C)CCC(C)n1cnc2ccc(-c3cnc(OC)c(NS(=O)(=O)c4ccccc4)c3)cc2c1=O. The van der Waals surface area contributed by atoms with E-state index in [-0.39, 0.29) is 28.1 Å². The number of aromatic nitrogens is 3. The number of methoxy groups -OCH3 is 1. The van der Waals surface area contributed by atoms with Crippen LogP contribution in [-0.4, -0.2) is 55.1 Å². The highest BCUT2D eigenvalue weighted by Gasteiger charge is 2.18. The summed E-state index contributed by atoms with van der Waals surface area (Å²) in [5, 5.41) is 0.484. The van der Waals surface area contributed by atoms with E-state index < -0.39 is 10.0 Å². The molecule has 1 unspecified atom stereocenters. The first-order valence-corrected chi connectivity index (χ1v) is 13.5. The highest BCUT2D eigenvalue weighted by molar-refractivity contribution is 7.92. The Morgan fingerprint density at radius 3 is 2.54 bits per heavy atom. The topological polar surface area (TPSA) is 106 Å². The van der Waals surface area contributed by atoms with Crippen molar-refractivity contribution in [2.75, 3.05) is 32.0 Å². The summed E-state index contributed by atoms with van der Waals surface area (Å²) in [4.78, 5) is 24.5. The maximum Gasteiger partial charge on any atom is 0.262 e. The molecule has 0 saturated heterocycles. The second kappa shape index (κ2) is 11.1. The van der Waals surface area contributed by atoms with Gasteiger partial charge in [0.15, 0.2) is 0 Å². The maximum absolute atomic E-state index is 13.4. The van der Waals surface area contributed by atoms with E-state index in [2.05, 4.69) is 33.6 Å². The molecule has 0 fully saturated rings. The second-order valence-electron chi connectivity index (χ2n) is 8.92. The van der Waals surface area contributed by atoms with Crippen LogP contribution in [0.2, 0.25) is 0 Å². The summed E-state index contributed by atoms with van der Waals surface area (Å²) in [6.45, 7) is 5.94. The van der Waals surface area contributed by atoms with Crippen LogP contribution in [0.4, 0.5) is 5.69 Å². The van der Waals surface area contributed by atoms with Gasteiger partial charge in [0.2, 0.25) is 5.88 Å². The molecule has 2 aromatic carbocycles. The van der Waals surface area contributed by atoms with E-state index in [0.29, 0.717) is 22.0 Å². The van der Waals surface area contributed by atoms with E-state index >= 15 is 0 Å². The molecule has 0 saturated carbocycles. The predicted molar refractivity (Wildman–Crippen MR) is 146 cm³/mol. The van der Waals surface area contributed by atoms with Crippen LogP contribution in [0.1, 0.15) is 26.3 Å². The van der Waals surface area contributed by atoms with Crippen molar-refractivity contribution in [2.24, 2.45) is 0 Å². The minimum atomic E-state index is -3.85. The smallest absolute Gasteiger partial charge is 0.262 e. The van der Waals surface area contributed by atoms with Crippen molar-refractivity contribution in [3.05, 3.63) is 77.5 Å². The molecule has 0 amide bonds. The normalized spacial score (nSPS) is 12.6. The number of ether oxygens (including phenoxy) is 1. The zero-order valence-electron chi connectivity index (χ0n) is 21.4. The Labute approximate surface area is 216 Å². The first kappa shape index (κ1) is 26.3. The Morgan fingerprint density at radius 1 is 1.08 bits per heavy atom. The van der Waals surface area contributed by atoms with Gasteiger partial charge in [-0.25, -0.2) is 18.4 Å². The molecule has 4 aromatic rings. The molecule has 2 heterocycles. The minimum Gasteiger partial charge on any atom is -0.480 e. The van der Waals surface area contributed by atoms with Gasteiger partial charge in [-0.05, 0) is 69.4 Å². The number of hydrogen-bond donors (Lipinski definition) is 1. The fourth-order valence-electron chi connectivity index (χ4n) is 3.98. The van der Waals surface area contributed by atoms with Gasteiger partial charge >= 0.3 is 0 Å². The Balaban J connectivity index is 1.70. The number of pyridine rings is 1. The molecule has 0 aliphatic heterocycles. The average Bonchev–Trinajstić information content (AvgIpc) is 2.92. The highest BCUT2D eigenvalue weighted by atomic mass is 32.2. The summed E-state index contributed by atoms with van der Waals surface area (Å²) in [6.07, 6.45) is 4.01. The molecule has 0 radical (unpaired) electrons. The third-order valence-corrected chi connectivity index (χ3v) is 7.78. The molecule has 0 aliphatic rings. The summed E-state index contributed by atoms with van der Waals surface area (Å²) < 4.78 is 35.3. The molecule has 0 spiro atoms. The van der Waals surface area contributed by atoms with Crippen LogP contribution in [-0.2, 0) is 10.0 Å². The van der Waals surface area contributed by atoms with Crippen LogP contribution in [0.5, 0.6) is 5.88 Å². The quantitative estimate of drug-likeness (QED) is 0.334. The lowest BCUT2D eigenvalue weighted by Gasteiger charge is -2.19. The number of benzene rings is 2. The fourth-order valence-corrected chi connectivity index (χ4v) is 5.05. The van der Waals surface area contributed by atoms with Gasteiger partial charge in [0.25, 0.3) is 15.6 Å². The van der Waals surface area contributed by atoms with Crippen molar-refractivity contribution in [2.45, 2.75) is 31.2 Å². The van der Waals surface area contributed by atoms with Crippen molar-refractivity contribution in [3.8, 4) is 17.0 Å². The molecule has 0 aliphatic carbocycles. The Hall–Kier alpha value is -3.76. The van der Waals surface area contributed by atoms with Crippen LogP contribution >= 0.6 is 0 Å². The largest absolute Gasteiger partial charge is 0.480 e. The second-order valence-corrected chi connectivity index (χ2v) is 10.6. The summed E-state index contributed by atoms with van der Waals surface area (Å²) in [5.41, 5.74) is 2.00. The molecule has 2 aromatic heterocycles. The molecule has 194 valence electrons. The monoisotopic (exact) mass is 521 g/mol. The zero-order chi connectivity index (χ0) is 26.6. The third-order valence-electron chi connectivity index (χ3n) is 6.40. The van der Waals surface area contributed by atoms with Crippen LogP contribution < -0.4 is 15.0 Å². The molecule has 37 heavy (non-hydrogen) atoms. The first-order valence-electron chi connectivity index (χ1n) is 12.0. The summed E-state index contributed by atoms with van der Waals surface area (Å²) in [5.74, 6) is 0.138. The molecule has 4 rings (SSSR count). The lowest BCUT2D eigenvalue weighted by Crippen LogP contribution is -2.27. The van der Waals surface area contributed by atoms with Crippen molar-refractivity contribution < 1.29 is 13.2 Å². The van der Waals surface area contributed by atoms with Crippen LogP contribution in [0, 0.1) is 0 Å². The number of nitrogens with zero attached hydrogens (tertiary/aromatic N) is 4. The summed E-state index contributed by atoms with van der Waals surface area (Å²) in [6, 6.07) is 15.1. The maximum atomic E-state index is 13.4. The number of nitrogens with one attached hydrogen (secondary N) is 1. The molecule has 10 heteroatoms. The van der Waals surface area contributed by atoms with E-state index in [9.17, 15) is 13.2 Å². The van der Waals surface area contributed by atoms with E-state index in [1.807, 2.05) is 13.0 Å². The van der Waals surface area contributed by atoms with Gasteiger partial charge in [-0.3, -0.25) is 14.1 Å².